The minimum Gasteiger partial charge on any atom is -0.388 e. The van der Waals surface area contributed by atoms with Crippen LogP contribution in [0.2, 0.25) is 0 Å². The summed E-state index contributed by atoms with van der Waals surface area (Å²) in [5.74, 6) is 0.113. The van der Waals surface area contributed by atoms with Crippen LogP contribution in [0.4, 0.5) is 5.69 Å². The fraction of sp³-hybridized carbons (Fsp3) is 0.409. The number of anilines is 1. The van der Waals surface area contributed by atoms with E-state index in [1.807, 2.05) is 30.3 Å². The first kappa shape index (κ1) is 17.7. The number of aliphatic hydroxyl groups excluding tert-OH is 1. The van der Waals surface area contributed by atoms with Crippen LogP contribution in [-0.2, 0) is 6.42 Å². The molecule has 0 spiro atoms. The number of carbonyl (C=O) groups is 1. The van der Waals surface area contributed by atoms with Crippen molar-refractivity contribution in [3.8, 4) is 0 Å². The summed E-state index contributed by atoms with van der Waals surface area (Å²) >= 11 is 0. The van der Waals surface area contributed by atoms with Gasteiger partial charge in [0.1, 0.15) is 0 Å². The molecule has 1 N–H and O–H groups in total. The lowest BCUT2D eigenvalue weighted by Crippen LogP contribution is -2.35. The molecule has 2 aromatic rings. The molecule has 1 heterocycles. The number of carbonyl (C=O) groups excluding carboxylic acids is 1. The molecule has 0 aromatic heterocycles. The van der Waals surface area contributed by atoms with Gasteiger partial charge in [-0.2, -0.15) is 0 Å². The average Bonchev–Trinajstić information content (AvgIpc) is 2.57. The smallest absolute Gasteiger partial charge is 0.182 e. The molecule has 0 saturated carbocycles. The van der Waals surface area contributed by atoms with E-state index in [4.69, 9.17) is 0 Å². The number of rotatable bonds is 4. The van der Waals surface area contributed by atoms with Gasteiger partial charge in [-0.05, 0) is 29.9 Å². The molecule has 1 aliphatic rings. The van der Waals surface area contributed by atoms with E-state index in [1.54, 1.807) is 0 Å². The van der Waals surface area contributed by atoms with Crippen LogP contribution in [0.3, 0.4) is 0 Å². The minimum absolute atomic E-state index is 0.113. The molecule has 1 atom stereocenters. The molecule has 3 nitrogen and oxygen atoms in total. The van der Waals surface area contributed by atoms with E-state index in [9.17, 15) is 9.90 Å². The summed E-state index contributed by atoms with van der Waals surface area (Å²) in [5.41, 5.74) is 4.12. The number of Topliss-reactive ketones (excluding diaryl/α,β-unsaturated/α-hetero) is 1. The molecule has 0 bridgehead atoms. The molecule has 1 unspecified atom stereocenters. The zero-order chi connectivity index (χ0) is 18.0. The van der Waals surface area contributed by atoms with E-state index >= 15 is 0 Å². The molecule has 0 radical (unpaired) electrons. The fourth-order valence-corrected chi connectivity index (χ4v) is 3.49. The van der Waals surface area contributed by atoms with Crippen molar-refractivity contribution in [3.05, 3.63) is 65.2 Å². The number of hydrogen-bond donors (Lipinski definition) is 1. The summed E-state index contributed by atoms with van der Waals surface area (Å²) in [7, 11) is 0. The van der Waals surface area contributed by atoms with Crippen molar-refractivity contribution in [3.63, 3.8) is 0 Å². The number of benzene rings is 2. The Kier molecular flexibility index (Phi) is 4.96. The molecular formula is C22H27NO2. The normalized spacial score (nSPS) is 17.3. The monoisotopic (exact) mass is 337 g/mol. The molecule has 0 fully saturated rings. The van der Waals surface area contributed by atoms with Gasteiger partial charge in [-0.25, -0.2) is 0 Å². The van der Waals surface area contributed by atoms with E-state index in [1.165, 1.54) is 5.56 Å². The Morgan fingerprint density at radius 3 is 2.56 bits per heavy atom. The zero-order valence-electron chi connectivity index (χ0n) is 15.3. The largest absolute Gasteiger partial charge is 0.388 e. The number of ketones is 1. The Morgan fingerprint density at radius 1 is 1.16 bits per heavy atom. The predicted molar refractivity (Wildman–Crippen MR) is 102 cm³/mol. The lowest BCUT2D eigenvalue weighted by atomic mass is 9.86. The van der Waals surface area contributed by atoms with Crippen LogP contribution >= 0.6 is 0 Å². The highest BCUT2D eigenvalue weighted by atomic mass is 16.3. The van der Waals surface area contributed by atoms with Crippen LogP contribution in [0.15, 0.2) is 48.5 Å². The molecule has 25 heavy (non-hydrogen) atoms. The number of hydrogen-bond acceptors (Lipinski definition) is 3. The first-order chi connectivity index (χ1) is 11.8. The van der Waals surface area contributed by atoms with E-state index in [2.05, 4.69) is 43.9 Å². The third-order valence-electron chi connectivity index (χ3n) is 4.63. The number of aliphatic hydroxyl groups is 1. The van der Waals surface area contributed by atoms with Crippen molar-refractivity contribution < 1.29 is 9.90 Å². The molecule has 1 aliphatic heterocycles. The van der Waals surface area contributed by atoms with Gasteiger partial charge < -0.3 is 10.0 Å². The SMILES string of the molecule is CC(C)(C)Cc1ccc2c(c1)C(O)CCN2CC(=O)c1ccccc1. The Labute approximate surface area is 150 Å². The second-order valence-corrected chi connectivity index (χ2v) is 8.15. The Balaban J connectivity index is 1.83. The van der Waals surface area contributed by atoms with Crippen LogP contribution < -0.4 is 4.90 Å². The molecular weight excluding hydrogens is 310 g/mol. The molecule has 3 rings (SSSR count). The molecule has 2 aromatic carbocycles. The molecule has 0 aliphatic carbocycles. The van der Waals surface area contributed by atoms with Crippen LogP contribution in [0.5, 0.6) is 0 Å². The standard InChI is InChI=1S/C22H27NO2/c1-22(2,3)14-16-9-10-19-18(13-16)20(24)11-12-23(19)15-21(25)17-7-5-4-6-8-17/h4-10,13,20,24H,11-12,14-15H2,1-3H3. The maximum absolute atomic E-state index is 12.6. The maximum Gasteiger partial charge on any atom is 0.182 e. The summed E-state index contributed by atoms with van der Waals surface area (Å²) < 4.78 is 0. The van der Waals surface area contributed by atoms with E-state index in [-0.39, 0.29) is 11.2 Å². The van der Waals surface area contributed by atoms with Gasteiger partial charge in [-0.3, -0.25) is 4.79 Å². The van der Waals surface area contributed by atoms with Crippen molar-refractivity contribution in [2.45, 2.75) is 39.7 Å². The van der Waals surface area contributed by atoms with Crippen LogP contribution in [0.1, 0.15) is 54.8 Å². The quantitative estimate of drug-likeness (QED) is 0.841. The Bertz CT molecular complexity index is 746. The predicted octanol–water partition coefficient (Wildman–Crippen LogP) is 4.40. The van der Waals surface area contributed by atoms with Crippen molar-refractivity contribution in [2.24, 2.45) is 5.41 Å². The summed E-state index contributed by atoms with van der Waals surface area (Å²) in [4.78, 5) is 14.7. The van der Waals surface area contributed by atoms with Gasteiger partial charge in [0, 0.05) is 23.4 Å². The Morgan fingerprint density at radius 2 is 1.88 bits per heavy atom. The molecule has 0 saturated heterocycles. The van der Waals surface area contributed by atoms with Crippen LogP contribution in [0, 0.1) is 5.41 Å². The van der Waals surface area contributed by atoms with Gasteiger partial charge in [-0.15, -0.1) is 0 Å². The highest BCUT2D eigenvalue weighted by Gasteiger charge is 2.26. The summed E-state index contributed by atoms with van der Waals surface area (Å²) in [6, 6.07) is 15.7. The van der Waals surface area contributed by atoms with Gasteiger partial charge in [-0.1, -0.05) is 63.2 Å². The second kappa shape index (κ2) is 7.01. The highest BCUT2D eigenvalue weighted by molar-refractivity contribution is 5.99. The van der Waals surface area contributed by atoms with Crippen LogP contribution in [0.25, 0.3) is 0 Å². The first-order valence-corrected chi connectivity index (χ1v) is 8.97. The number of nitrogens with zero attached hydrogens (tertiary/aromatic N) is 1. The van der Waals surface area contributed by atoms with Crippen molar-refractivity contribution in [1.29, 1.82) is 0 Å². The van der Waals surface area contributed by atoms with Crippen molar-refractivity contribution >= 4 is 11.5 Å². The van der Waals surface area contributed by atoms with E-state index < -0.39 is 6.10 Å². The molecule has 132 valence electrons. The second-order valence-electron chi connectivity index (χ2n) is 8.15. The summed E-state index contributed by atoms with van der Waals surface area (Å²) in [6.07, 6.45) is 1.18. The molecule has 3 heteroatoms. The lowest BCUT2D eigenvalue weighted by molar-refractivity contribution is 0.0994. The third kappa shape index (κ3) is 4.29. The van der Waals surface area contributed by atoms with Gasteiger partial charge in [0.2, 0.25) is 0 Å². The molecule has 0 amide bonds. The van der Waals surface area contributed by atoms with Gasteiger partial charge >= 0.3 is 0 Å². The summed E-state index contributed by atoms with van der Waals surface area (Å²) in [6.45, 7) is 7.70. The number of fused-ring (bicyclic) bond motifs is 1. The van der Waals surface area contributed by atoms with E-state index in [0.29, 0.717) is 19.5 Å². The van der Waals surface area contributed by atoms with E-state index in [0.717, 1.165) is 23.2 Å². The summed E-state index contributed by atoms with van der Waals surface area (Å²) in [5, 5.41) is 10.4. The highest BCUT2D eigenvalue weighted by Crippen LogP contribution is 2.35. The van der Waals surface area contributed by atoms with Gasteiger partial charge in [0.05, 0.1) is 12.6 Å². The van der Waals surface area contributed by atoms with Crippen molar-refractivity contribution in [1.82, 2.24) is 0 Å². The minimum atomic E-state index is -0.446. The zero-order valence-corrected chi connectivity index (χ0v) is 15.3. The van der Waals surface area contributed by atoms with Crippen LogP contribution in [-0.4, -0.2) is 24.0 Å². The first-order valence-electron chi connectivity index (χ1n) is 8.97. The maximum atomic E-state index is 12.6. The van der Waals surface area contributed by atoms with Crippen molar-refractivity contribution in [2.75, 3.05) is 18.0 Å². The lowest BCUT2D eigenvalue weighted by Gasteiger charge is -2.34. The third-order valence-corrected chi connectivity index (χ3v) is 4.63. The topological polar surface area (TPSA) is 40.5 Å². The average molecular weight is 337 g/mol. The fourth-order valence-electron chi connectivity index (χ4n) is 3.49. The van der Waals surface area contributed by atoms with Gasteiger partial charge in [0.15, 0.2) is 5.78 Å². The Hall–Kier alpha value is -2.13. The van der Waals surface area contributed by atoms with Gasteiger partial charge in [0.25, 0.3) is 0 Å².